The van der Waals surface area contributed by atoms with E-state index < -0.39 is 17.8 Å². The Balaban J connectivity index is 1.65. The number of hydrogen-bond acceptors (Lipinski definition) is 6. The molecule has 154 valence electrons. The number of hydrogen-bond donors (Lipinski definition) is 2. The zero-order valence-electron chi connectivity index (χ0n) is 16.0. The van der Waals surface area contributed by atoms with Gasteiger partial charge in [-0.2, -0.15) is 5.01 Å². The number of thioether (sulfide) groups is 1. The summed E-state index contributed by atoms with van der Waals surface area (Å²) in [6, 6.07) is 13.8. The summed E-state index contributed by atoms with van der Waals surface area (Å²) < 4.78 is 5.58. The third kappa shape index (κ3) is 5.46. The third-order valence-corrected chi connectivity index (χ3v) is 5.39. The van der Waals surface area contributed by atoms with E-state index in [0.29, 0.717) is 16.2 Å². The molecule has 0 bridgehead atoms. The van der Waals surface area contributed by atoms with Crippen LogP contribution in [0, 0.1) is 6.92 Å². The van der Waals surface area contributed by atoms with E-state index in [1.165, 1.54) is 0 Å². The van der Waals surface area contributed by atoms with Gasteiger partial charge in [-0.3, -0.25) is 19.8 Å². The van der Waals surface area contributed by atoms with Gasteiger partial charge in [-0.15, -0.1) is 0 Å². The molecule has 0 unspecified atom stereocenters. The molecule has 2 amide bonds. The van der Waals surface area contributed by atoms with Gasteiger partial charge < -0.3 is 9.84 Å². The molecule has 0 aromatic heterocycles. The summed E-state index contributed by atoms with van der Waals surface area (Å²) in [6.07, 6.45) is 1.58. The van der Waals surface area contributed by atoms with Crippen molar-refractivity contribution in [1.29, 1.82) is 0 Å². The molecule has 1 aliphatic rings. The van der Waals surface area contributed by atoms with E-state index in [1.807, 2.05) is 19.1 Å². The lowest BCUT2D eigenvalue weighted by Crippen LogP contribution is -2.44. The maximum absolute atomic E-state index is 12.7. The van der Waals surface area contributed by atoms with Crippen molar-refractivity contribution in [2.75, 3.05) is 6.61 Å². The molecule has 7 nitrogen and oxygen atoms in total. The average Bonchev–Trinajstić information content (AvgIpc) is 2.97. The van der Waals surface area contributed by atoms with Crippen LogP contribution in [-0.2, 0) is 9.59 Å². The normalized spacial score (nSPS) is 14.8. The van der Waals surface area contributed by atoms with E-state index in [1.54, 1.807) is 42.5 Å². The molecular formula is C21H18N2O5S2. The number of benzene rings is 2. The molecule has 0 atom stereocenters. The summed E-state index contributed by atoms with van der Waals surface area (Å²) in [5.74, 6) is -1.22. The van der Waals surface area contributed by atoms with Crippen molar-refractivity contribution in [3.05, 3.63) is 70.1 Å². The van der Waals surface area contributed by atoms with Gasteiger partial charge in [0.1, 0.15) is 5.75 Å². The number of carboxylic acids is 1. The predicted octanol–water partition coefficient (Wildman–Crippen LogP) is 3.39. The quantitative estimate of drug-likeness (QED) is 0.501. The van der Waals surface area contributed by atoms with Crippen LogP contribution >= 0.6 is 24.0 Å². The molecule has 2 aromatic carbocycles. The molecule has 2 N–H and O–H groups in total. The fourth-order valence-corrected chi connectivity index (χ4v) is 3.68. The van der Waals surface area contributed by atoms with Crippen molar-refractivity contribution in [1.82, 2.24) is 10.4 Å². The highest BCUT2D eigenvalue weighted by molar-refractivity contribution is 8.26. The van der Waals surface area contributed by atoms with Crippen molar-refractivity contribution in [3.63, 3.8) is 0 Å². The number of amides is 2. The number of aliphatic carboxylic acids is 1. The molecule has 1 aliphatic heterocycles. The summed E-state index contributed by atoms with van der Waals surface area (Å²) in [5, 5.41) is 9.70. The van der Waals surface area contributed by atoms with Gasteiger partial charge in [0, 0.05) is 5.56 Å². The van der Waals surface area contributed by atoms with Crippen LogP contribution in [0.5, 0.6) is 5.75 Å². The molecule has 1 saturated heterocycles. The molecule has 0 spiro atoms. The Morgan fingerprint density at radius 1 is 1.17 bits per heavy atom. The fraction of sp³-hybridized carbons (Fsp3) is 0.143. The number of carboxylic acid groups (broad SMARTS) is 1. The molecular weight excluding hydrogens is 424 g/mol. The summed E-state index contributed by atoms with van der Waals surface area (Å²) in [4.78, 5) is 36.0. The summed E-state index contributed by atoms with van der Waals surface area (Å²) in [7, 11) is 0. The van der Waals surface area contributed by atoms with Crippen LogP contribution in [0.1, 0.15) is 27.9 Å². The van der Waals surface area contributed by atoms with Crippen molar-refractivity contribution in [2.24, 2.45) is 0 Å². The molecule has 1 heterocycles. The molecule has 0 aliphatic carbocycles. The number of thiocarbonyl (C=S) groups is 1. The van der Waals surface area contributed by atoms with Crippen LogP contribution in [0.3, 0.4) is 0 Å². The van der Waals surface area contributed by atoms with Crippen molar-refractivity contribution in [3.8, 4) is 5.75 Å². The Labute approximate surface area is 182 Å². The number of rotatable bonds is 7. The molecule has 2 aromatic rings. The number of hydrazine groups is 1. The standard InChI is InChI=1S/C21H18N2O5S2/c1-13-2-6-15(7-3-13)19(26)22-23-20(27)17(30-21(23)29)12-14-4-8-16(9-5-14)28-11-10-18(24)25/h2-9,12H,10-11H2,1H3,(H,22,26)(H,24,25)/b17-12+. The SMILES string of the molecule is Cc1ccc(C(=O)NN2C(=O)/C(=C\c3ccc(OCCC(=O)O)cc3)SC2=S)cc1. The van der Waals surface area contributed by atoms with E-state index in [2.05, 4.69) is 5.43 Å². The van der Waals surface area contributed by atoms with Gasteiger partial charge in [0.25, 0.3) is 11.8 Å². The number of carbonyl (C=O) groups excluding carboxylic acids is 2. The van der Waals surface area contributed by atoms with Gasteiger partial charge in [-0.25, -0.2) is 0 Å². The van der Waals surface area contributed by atoms with Crippen molar-refractivity contribution in [2.45, 2.75) is 13.3 Å². The smallest absolute Gasteiger partial charge is 0.306 e. The second-order valence-electron chi connectivity index (χ2n) is 6.39. The van der Waals surface area contributed by atoms with Crippen molar-refractivity contribution < 1.29 is 24.2 Å². The van der Waals surface area contributed by atoms with E-state index in [4.69, 9.17) is 22.1 Å². The first-order chi connectivity index (χ1) is 14.3. The second kappa shape index (κ2) is 9.55. The van der Waals surface area contributed by atoms with Gasteiger partial charge in [0.15, 0.2) is 4.32 Å². The third-order valence-electron chi connectivity index (χ3n) is 4.08. The van der Waals surface area contributed by atoms with Gasteiger partial charge in [-0.05, 0) is 55.0 Å². The topological polar surface area (TPSA) is 95.9 Å². The van der Waals surface area contributed by atoms with Gasteiger partial charge in [0.05, 0.1) is 17.9 Å². The lowest BCUT2D eigenvalue weighted by atomic mass is 10.1. The summed E-state index contributed by atoms with van der Waals surface area (Å²) in [6.45, 7) is 2.00. The van der Waals surface area contributed by atoms with E-state index >= 15 is 0 Å². The highest BCUT2D eigenvalue weighted by atomic mass is 32.2. The maximum Gasteiger partial charge on any atom is 0.306 e. The molecule has 0 saturated carbocycles. The predicted molar refractivity (Wildman–Crippen MR) is 118 cm³/mol. The largest absolute Gasteiger partial charge is 0.493 e. The summed E-state index contributed by atoms with van der Waals surface area (Å²) >= 11 is 6.33. The Hall–Kier alpha value is -3.17. The maximum atomic E-state index is 12.7. The Morgan fingerprint density at radius 2 is 1.83 bits per heavy atom. The van der Waals surface area contributed by atoms with Gasteiger partial charge in [-0.1, -0.05) is 41.6 Å². The zero-order chi connectivity index (χ0) is 21.7. The minimum atomic E-state index is -0.928. The number of carbonyl (C=O) groups is 3. The summed E-state index contributed by atoms with van der Waals surface area (Å²) in [5.41, 5.74) is 4.74. The number of ether oxygens (including phenoxy) is 1. The molecule has 0 radical (unpaired) electrons. The number of aryl methyl sites for hydroxylation is 1. The first-order valence-electron chi connectivity index (χ1n) is 8.94. The van der Waals surface area contributed by atoms with Crippen LogP contribution in [0.4, 0.5) is 0 Å². The fourth-order valence-electron chi connectivity index (χ4n) is 2.50. The lowest BCUT2D eigenvalue weighted by Gasteiger charge is -2.15. The Bertz CT molecular complexity index is 1020. The van der Waals surface area contributed by atoms with Crippen LogP contribution in [0.25, 0.3) is 6.08 Å². The van der Waals surface area contributed by atoms with Crippen molar-refractivity contribution >= 4 is 52.2 Å². The first-order valence-corrected chi connectivity index (χ1v) is 10.2. The number of nitrogens with one attached hydrogen (secondary N) is 1. The minimum absolute atomic E-state index is 0.0774. The van der Waals surface area contributed by atoms with Gasteiger partial charge in [0.2, 0.25) is 0 Å². The van der Waals surface area contributed by atoms with Crippen LogP contribution in [0.2, 0.25) is 0 Å². The number of nitrogens with zero attached hydrogens (tertiary/aromatic N) is 1. The Morgan fingerprint density at radius 3 is 2.47 bits per heavy atom. The average molecular weight is 443 g/mol. The minimum Gasteiger partial charge on any atom is -0.493 e. The molecule has 1 fully saturated rings. The highest BCUT2D eigenvalue weighted by Gasteiger charge is 2.33. The second-order valence-corrected chi connectivity index (χ2v) is 8.06. The van der Waals surface area contributed by atoms with Gasteiger partial charge >= 0.3 is 5.97 Å². The van der Waals surface area contributed by atoms with E-state index in [9.17, 15) is 14.4 Å². The van der Waals surface area contributed by atoms with E-state index in [0.717, 1.165) is 27.9 Å². The first kappa shape index (κ1) is 21.5. The molecule has 30 heavy (non-hydrogen) atoms. The zero-order valence-corrected chi connectivity index (χ0v) is 17.6. The lowest BCUT2D eigenvalue weighted by molar-refractivity contribution is -0.137. The van der Waals surface area contributed by atoms with E-state index in [-0.39, 0.29) is 17.3 Å². The Kier molecular flexibility index (Phi) is 6.86. The molecule has 3 rings (SSSR count). The highest BCUT2D eigenvalue weighted by Crippen LogP contribution is 2.31. The molecule has 9 heteroatoms. The monoisotopic (exact) mass is 442 g/mol. The van der Waals surface area contributed by atoms with Crippen LogP contribution < -0.4 is 10.2 Å². The van der Waals surface area contributed by atoms with Crippen LogP contribution in [0.15, 0.2) is 53.4 Å². The van der Waals surface area contributed by atoms with Crippen LogP contribution in [-0.4, -0.2) is 38.8 Å².